The number of thioether (sulfide) groups is 1. The van der Waals surface area contributed by atoms with Crippen LogP contribution in [-0.2, 0) is 0 Å². The molecule has 1 N–H and O–H groups in total. The molecule has 0 radical (unpaired) electrons. The Morgan fingerprint density at radius 3 is 2.54 bits per heavy atom. The lowest BCUT2D eigenvalue weighted by Gasteiger charge is -2.24. The van der Waals surface area contributed by atoms with Crippen LogP contribution in [-0.4, -0.2) is 21.0 Å². The van der Waals surface area contributed by atoms with Gasteiger partial charge < -0.3 is 5.32 Å². The molecular formula is C18H15FN4S. The predicted octanol–water partition coefficient (Wildman–Crippen LogP) is 4.20. The van der Waals surface area contributed by atoms with Crippen LogP contribution in [0.1, 0.15) is 17.2 Å². The molecule has 0 aliphatic carbocycles. The van der Waals surface area contributed by atoms with E-state index in [4.69, 9.17) is 0 Å². The Hall–Kier alpha value is -2.60. The van der Waals surface area contributed by atoms with Gasteiger partial charge in [-0.15, -0.1) is 5.10 Å². The average Bonchev–Trinajstić information content (AvgIpc) is 3.05. The highest BCUT2D eigenvalue weighted by molar-refractivity contribution is 7.98. The molecule has 2 aromatic carbocycles. The topological polar surface area (TPSA) is 42.7 Å². The number of halogens is 1. The molecule has 1 aliphatic rings. The fraction of sp³-hybridized carbons (Fsp3) is 0.111. The van der Waals surface area contributed by atoms with E-state index in [1.165, 1.54) is 23.9 Å². The lowest BCUT2D eigenvalue weighted by atomic mass is 10.0. The van der Waals surface area contributed by atoms with Crippen molar-refractivity contribution in [1.82, 2.24) is 14.8 Å². The number of hydrogen-bond acceptors (Lipinski definition) is 4. The molecular weight excluding hydrogens is 323 g/mol. The molecule has 120 valence electrons. The normalized spacial score (nSPS) is 16.2. The first kappa shape index (κ1) is 15.0. The van der Waals surface area contributed by atoms with Gasteiger partial charge in [0, 0.05) is 5.70 Å². The minimum atomic E-state index is -0.247. The van der Waals surface area contributed by atoms with E-state index >= 15 is 0 Å². The van der Waals surface area contributed by atoms with Gasteiger partial charge in [0.1, 0.15) is 11.9 Å². The van der Waals surface area contributed by atoms with Crippen molar-refractivity contribution >= 4 is 23.4 Å². The van der Waals surface area contributed by atoms with Crippen molar-refractivity contribution in [2.75, 3.05) is 11.6 Å². The SMILES string of the molecule is CSc1nc2n(n1)[C@H](c1ccc(F)cc1)C=C(c1ccccc1)N2. The van der Waals surface area contributed by atoms with Gasteiger partial charge in [-0.25, -0.2) is 9.07 Å². The summed E-state index contributed by atoms with van der Waals surface area (Å²) in [4.78, 5) is 4.53. The van der Waals surface area contributed by atoms with Crippen molar-refractivity contribution < 1.29 is 4.39 Å². The third kappa shape index (κ3) is 2.69. The van der Waals surface area contributed by atoms with Crippen molar-refractivity contribution in [3.8, 4) is 0 Å². The number of rotatable bonds is 3. The third-order valence-electron chi connectivity index (χ3n) is 3.93. The second-order valence-corrected chi connectivity index (χ2v) is 6.21. The zero-order valence-electron chi connectivity index (χ0n) is 13.0. The van der Waals surface area contributed by atoms with Crippen molar-refractivity contribution in [3.63, 3.8) is 0 Å². The lowest BCUT2D eigenvalue weighted by molar-refractivity contribution is 0.592. The van der Waals surface area contributed by atoms with E-state index in [2.05, 4.69) is 21.5 Å². The van der Waals surface area contributed by atoms with Crippen molar-refractivity contribution in [2.45, 2.75) is 11.2 Å². The van der Waals surface area contributed by atoms with Crippen LogP contribution < -0.4 is 5.32 Å². The Balaban J connectivity index is 1.83. The number of aromatic nitrogens is 3. The Morgan fingerprint density at radius 2 is 1.83 bits per heavy atom. The highest BCUT2D eigenvalue weighted by Gasteiger charge is 2.25. The number of nitrogens with one attached hydrogen (secondary N) is 1. The molecule has 0 unspecified atom stereocenters. The second-order valence-electron chi connectivity index (χ2n) is 5.43. The maximum atomic E-state index is 13.3. The summed E-state index contributed by atoms with van der Waals surface area (Å²) in [5.74, 6) is 0.443. The van der Waals surface area contributed by atoms with Gasteiger partial charge in [-0.3, -0.25) is 0 Å². The number of benzene rings is 2. The van der Waals surface area contributed by atoms with Crippen LogP contribution >= 0.6 is 11.8 Å². The molecule has 2 heterocycles. The first-order valence-corrected chi connectivity index (χ1v) is 8.77. The Morgan fingerprint density at radius 1 is 1.08 bits per heavy atom. The standard InChI is InChI=1S/C18H15FN4S/c1-24-18-21-17-20-15(12-5-3-2-4-6-12)11-16(23(17)22-18)13-7-9-14(19)10-8-13/h2-11,16H,1H3,(H,20,21,22)/t16-/m0/s1. The van der Waals surface area contributed by atoms with Gasteiger partial charge >= 0.3 is 0 Å². The summed E-state index contributed by atoms with van der Waals surface area (Å²) >= 11 is 1.49. The zero-order chi connectivity index (χ0) is 16.5. The fourth-order valence-electron chi connectivity index (χ4n) is 2.74. The molecule has 4 rings (SSSR count). The van der Waals surface area contributed by atoms with Gasteiger partial charge in [0.15, 0.2) is 0 Å². The molecule has 0 fully saturated rings. The minimum absolute atomic E-state index is 0.134. The van der Waals surface area contributed by atoms with Gasteiger partial charge in [0.05, 0.1) is 0 Å². The molecule has 4 nitrogen and oxygen atoms in total. The summed E-state index contributed by atoms with van der Waals surface area (Å²) in [5, 5.41) is 8.59. The quantitative estimate of drug-likeness (QED) is 0.727. The van der Waals surface area contributed by atoms with Crippen LogP contribution in [0.3, 0.4) is 0 Å². The van der Waals surface area contributed by atoms with Crippen LogP contribution in [0.4, 0.5) is 10.3 Å². The maximum absolute atomic E-state index is 13.3. The van der Waals surface area contributed by atoms with Crippen LogP contribution in [0.5, 0.6) is 0 Å². The second kappa shape index (κ2) is 6.13. The molecule has 1 atom stereocenters. The van der Waals surface area contributed by atoms with E-state index in [9.17, 15) is 4.39 Å². The molecule has 3 aromatic rings. The summed E-state index contributed by atoms with van der Waals surface area (Å²) in [6, 6.07) is 16.4. The highest BCUT2D eigenvalue weighted by atomic mass is 32.2. The predicted molar refractivity (Wildman–Crippen MR) is 94.4 cm³/mol. The molecule has 0 saturated heterocycles. The van der Waals surface area contributed by atoms with Gasteiger partial charge in [0.25, 0.3) is 0 Å². The van der Waals surface area contributed by atoms with Crippen LogP contribution in [0, 0.1) is 5.82 Å². The number of allylic oxidation sites excluding steroid dienone is 1. The van der Waals surface area contributed by atoms with Crippen LogP contribution in [0.2, 0.25) is 0 Å². The largest absolute Gasteiger partial charge is 0.324 e. The Bertz CT molecular complexity index is 887. The summed E-state index contributed by atoms with van der Waals surface area (Å²) in [7, 11) is 0. The van der Waals surface area contributed by atoms with Crippen LogP contribution in [0.25, 0.3) is 5.70 Å². The smallest absolute Gasteiger partial charge is 0.227 e. The summed E-state index contributed by atoms with van der Waals surface area (Å²) < 4.78 is 15.1. The number of fused-ring (bicyclic) bond motifs is 1. The molecule has 0 saturated carbocycles. The molecule has 0 bridgehead atoms. The third-order valence-corrected chi connectivity index (χ3v) is 4.46. The first-order valence-electron chi connectivity index (χ1n) is 7.55. The molecule has 0 amide bonds. The maximum Gasteiger partial charge on any atom is 0.227 e. The summed E-state index contributed by atoms with van der Waals surface area (Å²) in [5.41, 5.74) is 3.01. The summed E-state index contributed by atoms with van der Waals surface area (Å²) in [6.07, 6.45) is 4.04. The molecule has 1 aliphatic heterocycles. The van der Waals surface area contributed by atoms with Crippen molar-refractivity contribution in [2.24, 2.45) is 0 Å². The molecule has 24 heavy (non-hydrogen) atoms. The number of nitrogens with zero attached hydrogens (tertiary/aromatic N) is 3. The lowest BCUT2D eigenvalue weighted by Crippen LogP contribution is -2.20. The highest BCUT2D eigenvalue weighted by Crippen LogP contribution is 2.33. The Labute approximate surface area is 143 Å². The van der Waals surface area contributed by atoms with Gasteiger partial charge in [-0.05, 0) is 35.6 Å². The van der Waals surface area contributed by atoms with Gasteiger partial charge in [-0.1, -0.05) is 54.2 Å². The minimum Gasteiger partial charge on any atom is -0.324 e. The Kier molecular flexibility index (Phi) is 3.82. The fourth-order valence-corrected chi connectivity index (χ4v) is 3.09. The number of anilines is 1. The summed E-state index contributed by atoms with van der Waals surface area (Å²) in [6.45, 7) is 0. The van der Waals surface area contributed by atoms with E-state index in [0.717, 1.165) is 16.8 Å². The average molecular weight is 338 g/mol. The molecule has 0 spiro atoms. The molecule has 1 aromatic heterocycles. The first-order chi connectivity index (χ1) is 11.7. The van der Waals surface area contributed by atoms with E-state index in [1.807, 2.05) is 41.3 Å². The molecule has 6 heteroatoms. The zero-order valence-corrected chi connectivity index (χ0v) is 13.8. The van der Waals surface area contributed by atoms with Crippen molar-refractivity contribution in [1.29, 1.82) is 0 Å². The van der Waals surface area contributed by atoms with Gasteiger partial charge in [0.2, 0.25) is 11.1 Å². The van der Waals surface area contributed by atoms with E-state index in [0.29, 0.717) is 11.1 Å². The van der Waals surface area contributed by atoms with E-state index in [-0.39, 0.29) is 11.9 Å². The van der Waals surface area contributed by atoms with Gasteiger partial charge in [-0.2, -0.15) is 4.98 Å². The van der Waals surface area contributed by atoms with Crippen LogP contribution in [0.15, 0.2) is 65.8 Å². The van der Waals surface area contributed by atoms with E-state index in [1.54, 1.807) is 12.1 Å². The number of hydrogen-bond donors (Lipinski definition) is 1. The van der Waals surface area contributed by atoms with E-state index < -0.39 is 0 Å². The monoisotopic (exact) mass is 338 g/mol. The van der Waals surface area contributed by atoms with Crippen molar-refractivity contribution in [3.05, 3.63) is 77.6 Å².